The third-order valence-electron chi connectivity index (χ3n) is 11.7. The van der Waals surface area contributed by atoms with Crippen molar-refractivity contribution in [2.45, 2.75) is 192 Å². The number of hydrogen-bond acceptors (Lipinski definition) is 8. The zero-order valence-electron chi connectivity index (χ0n) is 39.3. The van der Waals surface area contributed by atoms with E-state index >= 15 is 0 Å². The number of methoxy groups -OCH3 is 1. The van der Waals surface area contributed by atoms with Crippen LogP contribution in [0, 0.1) is 40.4 Å². The van der Waals surface area contributed by atoms with Crippen LogP contribution in [0.5, 0.6) is 0 Å². The minimum Gasteiger partial charge on any atom is -0.396 e. The van der Waals surface area contributed by atoms with Crippen molar-refractivity contribution in [1.29, 1.82) is 0 Å². The van der Waals surface area contributed by atoms with Gasteiger partial charge in [-0.25, -0.2) is 0 Å². The van der Waals surface area contributed by atoms with Gasteiger partial charge >= 0.3 is 0 Å². The number of aliphatic hydroxyl groups excluding tert-OH is 3. The molecule has 7 unspecified atom stereocenters. The van der Waals surface area contributed by atoms with E-state index < -0.39 is 0 Å². The maximum Gasteiger partial charge on any atom is 0.0474 e. The molecule has 4 aliphatic carbocycles. The molecule has 8 heteroatoms. The summed E-state index contributed by atoms with van der Waals surface area (Å²) < 4.78 is 4.70. The number of hydrogen-bond donors (Lipinski definition) is 7. The standard InChI is InChI=1S/C26H47NO.C4H11NO.2C3H9NO.5C2H6/c1-25-15-5-3-8-20(25)10-12-22-23-13-11-21(26(23,2)16-14-24(22)25)9-4-6-17-27-18-7-19-28;1-6-4-2-3-5;2*4-2-1-3-5;5*1-2/h20-24,27-28H,3-19H2,1-2H3;2-5H2,1H3;2*5H,1-4H2;5*1-2H3. The van der Waals surface area contributed by atoms with E-state index in [1.165, 1.54) is 64.2 Å². The zero-order chi connectivity index (χ0) is 42.7. The molecule has 8 nitrogen and oxygen atoms in total. The van der Waals surface area contributed by atoms with Gasteiger partial charge in [-0.3, -0.25) is 0 Å². The summed E-state index contributed by atoms with van der Waals surface area (Å²) in [6.45, 7) is 31.0. The maximum absolute atomic E-state index is 8.87. The van der Waals surface area contributed by atoms with E-state index in [0.717, 1.165) is 81.5 Å². The first-order valence-corrected chi connectivity index (χ1v) is 23.5. The average Bonchev–Trinajstić information content (AvgIpc) is 3.57. The van der Waals surface area contributed by atoms with E-state index in [2.05, 4.69) is 19.2 Å². The first-order valence-electron chi connectivity index (χ1n) is 23.5. The molecule has 334 valence electrons. The van der Waals surface area contributed by atoms with Gasteiger partial charge in [0.05, 0.1) is 0 Å². The lowest BCUT2D eigenvalue weighted by atomic mass is 9.45. The lowest BCUT2D eigenvalue weighted by molar-refractivity contribution is -0.111. The minimum absolute atomic E-state index is 0.219. The topological polar surface area (TPSA) is 160 Å². The Hall–Kier alpha value is -0.320. The van der Waals surface area contributed by atoms with Crippen molar-refractivity contribution in [1.82, 2.24) is 5.32 Å². The largest absolute Gasteiger partial charge is 0.396 e. The highest BCUT2D eigenvalue weighted by molar-refractivity contribution is 5.08. The summed E-state index contributed by atoms with van der Waals surface area (Å²) in [5.74, 6) is 5.20. The Morgan fingerprint density at radius 3 is 1.54 bits per heavy atom. The molecule has 0 heterocycles. The van der Waals surface area contributed by atoms with Crippen LogP contribution >= 0.6 is 0 Å². The van der Waals surface area contributed by atoms with Crippen LogP contribution in [-0.4, -0.2) is 81.6 Å². The van der Waals surface area contributed by atoms with Gasteiger partial charge in [0.25, 0.3) is 0 Å². The number of nitrogens with two attached hydrogens (primary N) is 3. The Labute approximate surface area is 340 Å². The van der Waals surface area contributed by atoms with Crippen molar-refractivity contribution in [3.63, 3.8) is 0 Å². The number of nitrogens with one attached hydrogen (secondary N) is 1. The molecule has 4 fully saturated rings. The molecule has 4 saturated carbocycles. The molecule has 0 aromatic rings. The third-order valence-corrected chi connectivity index (χ3v) is 11.7. The van der Waals surface area contributed by atoms with E-state index in [1.807, 2.05) is 69.2 Å². The predicted molar refractivity (Wildman–Crippen MR) is 242 cm³/mol. The summed E-state index contributed by atoms with van der Waals surface area (Å²) in [6.07, 6.45) is 22.8. The molecule has 54 heavy (non-hydrogen) atoms. The summed E-state index contributed by atoms with van der Waals surface area (Å²) in [5.41, 5.74) is 16.4. The quantitative estimate of drug-likeness (QED) is 0.0809. The molecule has 4 aliphatic rings. The van der Waals surface area contributed by atoms with Crippen LogP contribution < -0.4 is 22.5 Å². The maximum atomic E-state index is 8.87. The Morgan fingerprint density at radius 2 is 1.07 bits per heavy atom. The van der Waals surface area contributed by atoms with Crippen molar-refractivity contribution in [2.75, 3.05) is 66.3 Å². The van der Waals surface area contributed by atoms with E-state index in [4.69, 9.17) is 37.3 Å². The van der Waals surface area contributed by atoms with E-state index in [-0.39, 0.29) is 13.2 Å². The van der Waals surface area contributed by atoms with Crippen LogP contribution in [0.1, 0.15) is 192 Å². The first kappa shape index (κ1) is 62.9. The van der Waals surface area contributed by atoms with Crippen molar-refractivity contribution < 1.29 is 20.1 Å². The van der Waals surface area contributed by atoms with Crippen LogP contribution in [0.15, 0.2) is 0 Å². The monoisotopic (exact) mass is 779 g/mol. The summed E-state index contributed by atoms with van der Waals surface area (Å²) in [5, 5.41) is 28.3. The van der Waals surface area contributed by atoms with Crippen LogP contribution in [0.3, 0.4) is 0 Å². The van der Waals surface area contributed by atoms with Crippen LogP contribution in [0.4, 0.5) is 0 Å². The number of fused-ring (bicyclic) bond motifs is 5. The van der Waals surface area contributed by atoms with E-state index in [0.29, 0.717) is 30.5 Å². The second-order valence-corrected chi connectivity index (χ2v) is 14.4. The highest BCUT2D eigenvalue weighted by atomic mass is 16.5. The van der Waals surface area contributed by atoms with Gasteiger partial charge in [0.15, 0.2) is 0 Å². The number of ether oxygens (including phenoxy) is 1. The van der Waals surface area contributed by atoms with Crippen LogP contribution in [0.25, 0.3) is 0 Å². The van der Waals surface area contributed by atoms with Gasteiger partial charge < -0.3 is 42.6 Å². The molecule has 0 bridgehead atoms. The van der Waals surface area contributed by atoms with Gasteiger partial charge in [-0.1, -0.05) is 102 Å². The minimum atomic E-state index is 0.219. The number of aliphatic hydroxyl groups is 3. The van der Waals surface area contributed by atoms with Gasteiger partial charge in [0, 0.05) is 33.5 Å². The Bertz CT molecular complexity index is 663. The Kier molecular flexibility index (Phi) is 54.8. The highest BCUT2D eigenvalue weighted by Gasteiger charge is 2.59. The fourth-order valence-corrected chi connectivity index (χ4v) is 9.26. The summed E-state index contributed by atoms with van der Waals surface area (Å²) in [4.78, 5) is 0. The lowest BCUT2D eigenvalue weighted by Gasteiger charge is -2.60. The Balaban J connectivity index is -0.000000254. The zero-order valence-corrected chi connectivity index (χ0v) is 39.3. The van der Waals surface area contributed by atoms with Crippen molar-refractivity contribution >= 4 is 0 Å². The number of unbranched alkanes of at least 4 members (excludes halogenated alkanes) is 1. The molecule has 0 aromatic carbocycles. The SMILES string of the molecule is CC.CC.CC.CC.CC.CC12CCCCC1CCC1C2CCC2(C)C(CCCCNCCCO)CCC12.COCCCN.NCCCO.NCCCO. The van der Waals surface area contributed by atoms with Gasteiger partial charge in [-0.2, -0.15) is 0 Å². The average molecular weight is 779 g/mol. The third kappa shape index (κ3) is 25.8. The summed E-state index contributed by atoms with van der Waals surface area (Å²) in [6, 6.07) is 0. The molecule has 0 aromatic heterocycles. The van der Waals surface area contributed by atoms with Gasteiger partial charge in [-0.05, 0) is 163 Å². The second kappa shape index (κ2) is 47.1. The van der Waals surface area contributed by atoms with Gasteiger partial charge in [-0.15, -0.1) is 0 Å². The fourth-order valence-electron chi connectivity index (χ4n) is 9.26. The molecule has 0 spiro atoms. The molecule has 0 aliphatic heterocycles. The molecule has 0 saturated heterocycles. The molecule has 4 rings (SSSR count). The highest BCUT2D eigenvalue weighted by Crippen LogP contribution is 2.67. The smallest absolute Gasteiger partial charge is 0.0474 e. The van der Waals surface area contributed by atoms with Gasteiger partial charge in [0.2, 0.25) is 0 Å². The van der Waals surface area contributed by atoms with Gasteiger partial charge in [0.1, 0.15) is 0 Å². The number of rotatable bonds is 15. The summed E-state index contributed by atoms with van der Waals surface area (Å²) in [7, 11) is 1.68. The molecular weight excluding hydrogens is 673 g/mol. The van der Waals surface area contributed by atoms with Crippen molar-refractivity contribution in [3.05, 3.63) is 0 Å². The Morgan fingerprint density at radius 1 is 0.556 bits per heavy atom. The molecule has 10 N–H and O–H groups in total. The normalized spacial score (nSPS) is 26.6. The predicted octanol–water partition coefficient (Wildman–Crippen LogP) is 9.95. The lowest BCUT2D eigenvalue weighted by Crippen LogP contribution is -2.52. The second-order valence-electron chi connectivity index (χ2n) is 14.4. The molecule has 7 atom stereocenters. The fraction of sp³-hybridized carbons (Fsp3) is 1.00. The molecular formula is C46H106N4O4. The molecule has 0 amide bonds. The van der Waals surface area contributed by atoms with Crippen LogP contribution in [0.2, 0.25) is 0 Å². The van der Waals surface area contributed by atoms with Crippen molar-refractivity contribution in [2.24, 2.45) is 57.6 Å². The van der Waals surface area contributed by atoms with E-state index in [9.17, 15) is 0 Å². The van der Waals surface area contributed by atoms with Crippen LogP contribution in [-0.2, 0) is 4.74 Å². The van der Waals surface area contributed by atoms with Crippen molar-refractivity contribution in [3.8, 4) is 0 Å². The first-order chi connectivity index (χ1) is 26.3. The van der Waals surface area contributed by atoms with E-state index in [1.54, 1.807) is 26.4 Å². The molecule has 0 radical (unpaired) electrons. The summed E-state index contributed by atoms with van der Waals surface area (Å²) >= 11 is 0.